The second-order valence-electron chi connectivity index (χ2n) is 6.69. The Labute approximate surface area is 156 Å². The van der Waals surface area contributed by atoms with Gasteiger partial charge in [-0.3, -0.25) is 4.79 Å². The van der Waals surface area contributed by atoms with Crippen LogP contribution in [0.15, 0.2) is 60.7 Å². The minimum Gasteiger partial charge on any atom is -0.328 e. The molecule has 1 fully saturated rings. The van der Waals surface area contributed by atoms with E-state index in [4.69, 9.17) is 0 Å². The lowest BCUT2D eigenvalue weighted by atomic mass is 10.1. The van der Waals surface area contributed by atoms with Gasteiger partial charge >= 0.3 is 6.18 Å². The zero-order valence-corrected chi connectivity index (χ0v) is 14.9. The maximum absolute atomic E-state index is 12.6. The van der Waals surface area contributed by atoms with E-state index in [1.165, 1.54) is 28.7 Å². The van der Waals surface area contributed by atoms with Crippen LogP contribution in [0.2, 0.25) is 0 Å². The topological polar surface area (TPSA) is 24.8 Å². The van der Waals surface area contributed by atoms with Crippen molar-refractivity contribution in [3.05, 3.63) is 77.4 Å². The highest BCUT2D eigenvalue weighted by molar-refractivity contribution is 5.91. The molecule has 1 saturated heterocycles. The van der Waals surface area contributed by atoms with Crippen LogP contribution in [0.5, 0.6) is 0 Å². The average Bonchev–Trinajstić information content (AvgIpc) is 2.67. The summed E-state index contributed by atoms with van der Waals surface area (Å²) in [6, 6.07) is 15.1. The van der Waals surface area contributed by atoms with Crippen LogP contribution < -0.4 is 4.90 Å². The van der Waals surface area contributed by atoms with Gasteiger partial charge in [-0.1, -0.05) is 42.5 Å². The predicted molar refractivity (Wildman–Crippen MR) is 97.9 cm³/mol. The van der Waals surface area contributed by atoms with E-state index in [1.54, 1.807) is 11.0 Å². The number of hydrogen-bond donors (Lipinski definition) is 1. The summed E-state index contributed by atoms with van der Waals surface area (Å²) in [7, 11) is 0. The van der Waals surface area contributed by atoms with Crippen molar-refractivity contribution < 1.29 is 22.9 Å². The number of piperazine rings is 1. The Kier molecular flexibility index (Phi) is 5.96. The smallest absolute Gasteiger partial charge is 0.328 e. The van der Waals surface area contributed by atoms with Gasteiger partial charge in [0.05, 0.1) is 31.7 Å². The highest BCUT2D eigenvalue weighted by Crippen LogP contribution is 2.29. The summed E-state index contributed by atoms with van der Waals surface area (Å²) in [5.41, 5.74) is 1.17. The van der Waals surface area contributed by atoms with Crippen LogP contribution in [-0.2, 0) is 17.5 Å². The third kappa shape index (κ3) is 5.44. The van der Waals surface area contributed by atoms with Crippen molar-refractivity contribution in [2.75, 3.05) is 26.2 Å². The van der Waals surface area contributed by atoms with E-state index in [0.29, 0.717) is 18.7 Å². The van der Waals surface area contributed by atoms with E-state index in [2.05, 4.69) is 12.1 Å². The molecule has 1 aliphatic heterocycles. The number of nitrogens with one attached hydrogen (secondary N) is 1. The molecule has 0 bridgehead atoms. The number of halogens is 3. The molecule has 3 rings (SSSR count). The Morgan fingerprint density at radius 1 is 1.00 bits per heavy atom. The molecule has 0 aromatic heterocycles. The normalized spacial score (nSPS) is 16.0. The average molecular weight is 375 g/mol. The fourth-order valence-electron chi connectivity index (χ4n) is 3.16. The van der Waals surface area contributed by atoms with E-state index in [9.17, 15) is 18.0 Å². The number of carbonyl (C=O) groups excluding carboxylic acids is 1. The molecule has 142 valence electrons. The van der Waals surface area contributed by atoms with Crippen LogP contribution in [0.25, 0.3) is 6.08 Å². The van der Waals surface area contributed by atoms with Crippen molar-refractivity contribution in [2.45, 2.75) is 12.7 Å². The van der Waals surface area contributed by atoms with E-state index in [0.717, 1.165) is 31.8 Å². The summed E-state index contributed by atoms with van der Waals surface area (Å²) in [5.74, 6) is -0.103. The van der Waals surface area contributed by atoms with Gasteiger partial charge in [0.15, 0.2) is 0 Å². The molecule has 0 spiro atoms. The summed E-state index contributed by atoms with van der Waals surface area (Å²) >= 11 is 0. The van der Waals surface area contributed by atoms with E-state index >= 15 is 0 Å². The number of amides is 1. The number of quaternary nitrogens is 1. The zero-order valence-electron chi connectivity index (χ0n) is 14.9. The molecular formula is C21H22F3N2O+. The molecular weight excluding hydrogens is 353 g/mol. The third-order valence-corrected chi connectivity index (χ3v) is 4.74. The lowest BCUT2D eigenvalue weighted by Crippen LogP contribution is -3.13. The SMILES string of the molecule is O=C(/C=C/c1ccc(C(F)(F)F)cc1)N1CC[NH+](Cc2ccccc2)CC1. The van der Waals surface area contributed by atoms with Crippen molar-refractivity contribution in [3.8, 4) is 0 Å². The molecule has 0 atom stereocenters. The molecule has 2 aromatic rings. The lowest BCUT2D eigenvalue weighted by Gasteiger charge is -2.31. The largest absolute Gasteiger partial charge is 0.416 e. The van der Waals surface area contributed by atoms with Gasteiger partial charge in [0.1, 0.15) is 6.54 Å². The van der Waals surface area contributed by atoms with Crippen molar-refractivity contribution >= 4 is 12.0 Å². The first-order chi connectivity index (χ1) is 12.9. The van der Waals surface area contributed by atoms with E-state index < -0.39 is 11.7 Å². The van der Waals surface area contributed by atoms with Gasteiger partial charge in [0, 0.05) is 11.6 Å². The molecule has 27 heavy (non-hydrogen) atoms. The highest BCUT2D eigenvalue weighted by Gasteiger charge is 2.29. The maximum atomic E-state index is 12.6. The fourth-order valence-corrected chi connectivity index (χ4v) is 3.16. The van der Waals surface area contributed by atoms with Gasteiger partial charge in [-0.2, -0.15) is 13.2 Å². The first kappa shape index (κ1) is 19.2. The van der Waals surface area contributed by atoms with Crippen LogP contribution in [0.4, 0.5) is 13.2 Å². The van der Waals surface area contributed by atoms with Crippen molar-refractivity contribution in [3.63, 3.8) is 0 Å². The summed E-state index contributed by atoms with van der Waals surface area (Å²) in [4.78, 5) is 15.5. The number of carbonyl (C=O) groups is 1. The van der Waals surface area contributed by atoms with Gasteiger partial charge in [-0.25, -0.2) is 0 Å². The number of nitrogens with zero attached hydrogens (tertiary/aromatic N) is 1. The second kappa shape index (κ2) is 8.39. The van der Waals surface area contributed by atoms with Crippen molar-refractivity contribution in [1.82, 2.24) is 4.90 Å². The molecule has 0 saturated carbocycles. The molecule has 6 heteroatoms. The number of benzene rings is 2. The van der Waals surface area contributed by atoms with Crippen molar-refractivity contribution in [1.29, 1.82) is 0 Å². The van der Waals surface area contributed by atoms with Gasteiger partial charge < -0.3 is 9.80 Å². The zero-order chi connectivity index (χ0) is 19.3. The standard InChI is InChI=1S/C21H21F3N2O/c22-21(23,24)19-9-6-17(7-10-19)8-11-20(27)26-14-12-25(13-15-26)16-18-4-2-1-3-5-18/h1-11H,12-16H2/p+1/b11-8+. The molecule has 1 aliphatic rings. The van der Waals surface area contributed by atoms with Crippen LogP contribution in [0.1, 0.15) is 16.7 Å². The lowest BCUT2D eigenvalue weighted by molar-refractivity contribution is -0.917. The molecule has 1 N–H and O–H groups in total. The second-order valence-corrected chi connectivity index (χ2v) is 6.69. The first-order valence-electron chi connectivity index (χ1n) is 8.93. The summed E-state index contributed by atoms with van der Waals surface area (Å²) in [6.07, 6.45) is -1.35. The monoisotopic (exact) mass is 375 g/mol. The van der Waals surface area contributed by atoms with Crippen molar-refractivity contribution in [2.24, 2.45) is 0 Å². The molecule has 0 aliphatic carbocycles. The fraction of sp³-hybridized carbons (Fsp3) is 0.286. The molecule has 0 radical (unpaired) electrons. The Morgan fingerprint density at radius 2 is 1.63 bits per heavy atom. The molecule has 1 amide bonds. The summed E-state index contributed by atoms with van der Waals surface area (Å²) in [5, 5.41) is 0. The van der Waals surface area contributed by atoms with Crippen LogP contribution in [0.3, 0.4) is 0 Å². The van der Waals surface area contributed by atoms with Crippen LogP contribution in [-0.4, -0.2) is 37.0 Å². The van der Waals surface area contributed by atoms with Gasteiger partial charge in [-0.15, -0.1) is 0 Å². The van der Waals surface area contributed by atoms with E-state index in [-0.39, 0.29) is 5.91 Å². The minimum absolute atomic E-state index is 0.103. The van der Waals surface area contributed by atoms with Crippen LogP contribution in [0, 0.1) is 0 Å². The number of alkyl halides is 3. The van der Waals surface area contributed by atoms with Gasteiger partial charge in [0.25, 0.3) is 0 Å². The summed E-state index contributed by atoms with van der Waals surface area (Å²) in [6.45, 7) is 4.07. The Morgan fingerprint density at radius 3 is 2.22 bits per heavy atom. The minimum atomic E-state index is -4.35. The molecule has 0 unspecified atom stereocenters. The molecule has 3 nitrogen and oxygen atoms in total. The van der Waals surface area contributed by atoms with Gasteiger partial charge in [0.2, 0.25) is 5.91 Å². The number of rotatable bonds is 4. The highest BCUT2D eigenvalue weighted by atomic mass is 19.4. The Balaban J connectivity index is 1.50. The predicted octanol–water partition coefficient (Wildman–Crippen LogP) is 2.65. The first-order valence-corrected chi connectivity index (χ1v) is 8.93. The molecule has 1 heterocycles. The van der Waals surface area contributed by atoms with Gasteiger partial charge in [-0.05, 0) is 23.8 Å². The van der Waals surface area contributed by atoms with E-state index in [1.807, 2.05) is 18.2 Å². The maximum Gasteiger partial charge on any atom is 0.416 e. The summed E-state index contributed by atoms with van der Waals surface area (Å²) < 4.78 is 37.7. The number of hydrogen-bond acceptors (Lipinski definition) is 1. The third-order valence-electron chi connectivity index (χ3n) is 4.74. The quantitative estimate of drug-likeness (QED) is 0.817. The Bertz CT molecular complexity index is 777. The molecule has 2 aromatic carbocycles. The Hall–Kier alpha value is -2.60. The van der Waals surface area contributed by atoms with Crippen LogP contribution >= 0.6 is 0 Å².